The maximum Gasteiger partial charge on any atom is 0.323 e. The first-order valence-corrected chi connectivity index (χ1v) is 11.8. The third-order valence-electron chi connectivity index (χ3n) is 6.65. The molecule has 2 aliphatic rings. The van der Waals surface area contributed by atoms with Gasteiger partial charge >= 0.3 is 6.03 Å². The molecule has 0 saturated carbocycles. The highest BCUT2D eigenvalue weighted by molar-refractivity contribution is 6.14. The van der Waals surface area contributed by atoms with Gasteiger partial charge in [-0.2, -0.15) is 4.98 Å². The molecule has 2 aromatic heterocycles. The highest BCUT2D eigenvalue weighted by atomic mass is 16.5. The monoisotopic (exact) mass is 491 g/mol. The van der Waals surface area contributed by atoms with Crippen LogP contribution in [0.2, 0.25) is 0 Å². The predicted molar refractivity (Wildman–Crippen MR) is 137 cm³/mol. The number of fused-ring (bicyclic) bond motifs is 2. The Bertz CT molecular complexity index is 1290. The third kappa shape index (κ3) is 4.54. The number of nitrogens with zero attached hydrogens (tertiary/aromatic N) is 5. The molecule has 1 aromatic carbocycles. The van der Waals surface area contributed by atoms with Crippen LogP contribution >= 0.6 is 0 Å². The van der Waals surface area contributed by atoms with E-state index in [1.54, 1.807) is 32.0 Å². The summed E-state index contributed by atoms with van der Waals surface area (Å²) in [4.78, 5) is 39.3. The van der Waals surface area contributed by atoms with E-state index in [1.807, 2.05) is 7.05 Å². The van der Waals surface area contributed by atoms with Gasteiger partial charge in [-0.05, 0) is 59.0 Å². The average molecular weight is 492 g/mol. The van der Waals surface area contributed by atoms with Crippen LogP contribution in [0.4, 0.5) is 39.3 Å². The molecule has 0 unspecified atom stereocenters. The quantitative estimate of drug-likeness (QED) is 0.431. The molecule has 12 nitrogen and oxygen atoms in total. The Balaban J connectivity index is 1.41. The molecule has 12 heteroatoms. The number of aryl methyl sites for hydroxylation is 2. The summed E-state index contributed by atoms with van der Waals surface area (Å²) >= 11 is 0. The minimum absolute atomic E-state index is 0.316. The number of carbonyl (C=O) groups is 2. The van der Waals surface area contributed by atoms with Crippen molar-refractivity contribution in [3.05, 3.63) is 41.4 Å². The van der Waals surface area contributed by atoms with E-state index in [2.05, 4.69) is 48.3 Å². The zero-order chi connectivity index (χ0) is 25.4. The van der Waals surface area contributed by atoms with Crippen LogP contribution in [0.3, 0.4) is 0 Å². The SMILES string of the molecule is Cc1noc(C)c1NC(=O)Nc1cccc2c1Nc1nc(N(C)C3CCN(C)CC3)ncc1C(=O)N2. The average Bonchev–Trinajstić information content (AvgIpc) is 3.09. The fourth-order valence-electron chi connectivity index (χ4n) is 4.48. The second-order valence-electron chi connectivity index (χ2n) is 9.16. The van der Waals surface area contributed by atoms with Crippen molar-refractivity contribution in [2.24, 2.45) is 0 Å². The molecule has 1 fully saturated rings. The molecule has 4 heterocycles. The molecular formula is C24H29N9O3. The Kier molecular flexibility index (Phi) is 6.18. The van der Waals surface area contributed by atoms with Crippen molar-refractivity contribution >= 4 is 46.5 Å². The highest BCUT2D eigenvalue weighted by Crippen LogP contribution is 2.37. The second kappa shape index (κ2) is 9.46. The Hall–Kier alpha value is -4.19. The summed E-state index contributed by atoms with van der Waals surface area (Å²) in [5.74, 6) is 1.08. The van der Waals surface area contributed by atoms with E-state index in [0.717, 1.165) is 25.9 Å². The molecule has 2 aliphatic heterocycles. The molecule has 0 aliphatic carbocycles. The van der Waals surface area contributed by atoms with Crippen molar-refractivity contribution in [2.45, 2.75) is 32.7 Å². The number of rotatable bonds is 4. The number of anilines is 6. The van der Waals surface area contributed by atoms with Gasteiger partial charge in [0.2, 0.25) is 5.95 Å². The molecule has 4 N–H and O–H groups in total. The molecule has 0 bridgehead atoms. The minimum atomic E-state index is -0.472. The number of nitrogens with one attached hydrogen (secondary N) is 4. The van der Waals surface area contributed by atoms with E-state index in [0.29, 0.717) is 57.6 Å². The lowest BCUT2D eigenvalue weighted by Gasteiger charge is -2.35. The van der Waals surface area contributed by atoms with Crippen molar-refractivity contribution in [1.29, 1.82) is 0 Å². The van der Waals surface area contributed by atoms with Gasteiger partial charge < -0.3 is 35.6 Å². The van der Waals surface area contributed by atoms with Gasteiger partial charge in [0.15, 0.2) is 5.76 Å². The van der Waals surface area contributed by atoms with Crippen LogP contribution in [0, 0.1) is 13.8 Å². The molecule has 188 valence electrons. The number of para-hydroxylation sites is 1. The van der Waals surface area contributed by atoms with Crippen molar-refractivity contribution < 1.29 is 14.1 Å². The largest absolute Gasteiger partial charge is 0.359 e. The number of amides is 3. The summed E-state index contributed by atoms with van der Waals surface area (Å²) in [5.41, 5.74) is 2.90. The number of benzene rings is 1. The van der Waals surface area contributed by atoms with E-state index in [4.69, 9.17) is 9.51 Å². The van der Waals surface area contributed by atoms with Gasteiger partial charge in [-0.3, -0.25) is 4.79 Å². The Morgan fingerprint density at radius 1 is 1.19 bits per heavy atom. The molecule has 3 amide bonds. The topological polar surface area (TPSA) is 141 Å². The summed E-state index contributed by atoms with van der Waals surface area (Å²) in [6, 6.07) is 5.08. The normalized spacial score (nSPS) is 15.7. The standard InChI is InChI=1S/C24H29N9O3/c1-13-19(14(2)36-31-13)29-24(35)27-18-7-5-6-17-20(18)28-21-16(22(34)26-17)12-25-23(30-21)33(4)15-8-10-32(3)11-9-15/h5-7,12,15H,8-11H2,1-4H3,(H,26,34)(H,25,28,30)(H2,27,29,35). The summed E-state index contributed by atoms with van der Waals surface area (Å²) in [5, 5.41) is 15.6. The summed E-state index contributed by atoms with van der Waals surface area (Å²) in [6.45, 7) is 5.49. The molecule has 0 spiro atoms. The number of hydrogen-bond donors (Lipinski definition) is 4. The fourth-order valence-corrected chi connectivity index (χ4v) is 4.48. The van der Waals surface area contributed by atoms with Gasteiger partial charge in [0.25, 0.3) is 5.91 Å². The van der Waals surface area contributed by atoms with Crippen molar-refractivity contribution in [3.63, 3.8) is 0 Å². The summed E-state index contributed by atoms with van der Waals surface area (Å²) < 4.78 is 5.11. The maximum absolute atomic E-state index is 12.9. The number of likely N-dealkylation sites (tertiary alicyclic amines) is 1. The third-order valence-corrected chi connectivity index (χ3v) is 6.65. The zero-order valence-electron chi connectivity index (χ0n) is 20.7. The maximum atomic E-state index is 12.9. The van der Waals surface area contributed by atoms with Crippen LogP contribution in [0.1, 0.15) is 34.7 Å². The molecule has 36 heavy (non-hydrogen) atoms. The van der Waals surface area contributed by atoms with Crippen molar-refractivity contribution in [3.8, 4) is 0 Å². The second-order valence-corrected chi connectivity index (χ2v) is 9.16. The number of piperidine rings is 1. The van der Waals surface area contributed by atoms with Gasteiger partial charge in [0, 0.05) is 19.3 Å². The van der Waals surface area contributed by atoms with E-state index in [-0.39, 0.29) is 5.91 Å². The lowest BCUT2D eigenvalue weighted by Crippen LogP contribution is -2.42. The van der Waals surface area contributed by atoms with Crippen LogP contribution in [0.5, 0.6) is 0 Å². The zero-order valence-corrected chi connectivity index (χ0v) is 20.7. The Morgan fingerprint density at radius 2 is 1.97 bits per heavy atom. The van der Waals surface area contributed by atoms with E-state index in [9.17, 15) is 9.59 Å². The Morgan fingerprint density at radius 3 is 2.69 bits per heavy atom. The molecule has 0 radical (unpaired) electrons. The lowest BCUT2D eigenvalue weighted by atomic mass is 10.0. The molecule has 0 atom stereocenters. The number of carbonyl (C=O) groups excluding carboxylic acids is 2. The lowest BCUT2D eigenvalue weighted by molar-refractivity contribution is 0.102. The van der Waals surface area contributed by atoms with Gasteiger partial charge in [0.05, 0.1) is 17.1 Å². The highest BCUT2D eigenvalue weighted by Gasteiger charge is 2.27. The van der Waals surface area contributed by atoms with Gasteiger partial charge in [0.1, 0.15) is 22.8 Å². The van der Waals surface area contributed by atoms with Crippen molar-refractivity contribution in [2.75, 3.05) is 53.4 Å². The summed E-state index contributed by atoms with van der Waals surface area (Å²) in [7, 11) is 4.10. The first kappa shape index (κ1) is 23.5. The minimum Gasteiger partial charge on any atom is -0.359 e. The smallest absolute Gasteiger partial charge is 0.323 e. The number of hydrogen-bond acceptors (Lipinski definition) is 9. The van der Waals surface area contributed by atoms with Crippen molar-refractivity contribution in [1.82, 2.24) is 20.0 Å². The van der Waals surface area contributed by atoms with E-state index < -0.39 is 6.03 Å². The predicted octanol–water partition coefficient (Wildman–Crippen LogP) is 3.57. The van der Waals surface area contributed by atoms with E-state index >= 15 is 0 Å². The van der Waals surface area contributed by atoms with Crippen LogP contribution in [-0.2, 0) is 0 Å². The molecule has 1 saturated heterocycles. The molecule has 3 aromatic rings. The first-order chi connectivity index (χ1) is 17.3. The van der Waals surface area contributed by atoms with E-state index in [1.165, 1.54) is 6.20 Å². The van der Waals surface area contributed by atoms with Crippen LogP contribution in [0.25, 0.3) is 0 Å². The van der Waals surface area contributed by atoms with Gasteiger partial charge in [-0.25, -0.2) is 9.78 Å². The van der Waals surface area contributed by atoms with Crippen LogP contribution in [0.15, 0.2) is 28.9 Å². The fraction of sp³-hybridized carbons (Fsp3) is 0.375. The molecule has 5 rings (SSSR count). The van der Waals surface area contributed by atoms with Gasteiger partial charge in [-0.15, -0.1) is 0 Å². The molecular weight excluding hydrogens is 462 g/mol. The Labute approximate surface area is 208 Å². The van der Waals surface area contributed by atoms with Crippen LogP contribution < -0.4 is 26.2 Å². The first-order valence-electron chi connectivity index (χ1n) is 11.8. The summed E-state index contributed by atoms with van der Waals surface area (Å²) in [6.07, 6.45) is 3.56. The van der Waals surface area contributed by atoms with Crippen LogP contribution in [-0.4, -0.2) is 65.2 Å². The number of aromatic nitrogens is 3. The number of urea groups is 1. The van der Waals surface area contributed by atoms with Gasteiger partial charge in [-0.1, -0.05) is 11.2 Å².